The fourth-order valence-electron chi connectivity index (χ4n) is 4.34. The molecule has 186 valence electrons. The van der Waals surface area contributed by atoms with Crippen LogP contribution >= 0.6 is 11.3 Å². The molecule has 2 fully saturated rings. The summed E-state index contributed by atoms with van der Waals surface area (Å²) in [6.07, 6.45) is 7.78. The van der Waals surface area contributed by atoms with Gasteiger partial charge in [0, 0.05) is 24.4 Å². The first-order chi connectivity index (χ1) is 17.5. The number of fused-ring (bicyclic) bond motifs is 1. The lowest BCUT2D eigenvalue weighted by molar-refractivity contribution is 0.0954. The number of nitrogens with zero attached hydrogens (tertiary/aromatic N) is 5. The van der Waals surface area contributed by atoms with Crippen LogP contribution in [0.1, 0.15) is 41.0 Å². The molecule has 2 aliphatic rings. The number of hydrogen-bond donors (Lipinski definition) is 4. The third-order valence-electron chi connectivity index (χ3n) is 6.37. The number of likely N-dealkylation sites (tertiary alicyclic amines) is 1. The first-order valence-electron chi connectivity index (χ1n) is 12.1. The maximum absolute atomic E-state index is 12.7. The van der Waals surface area contributed by atoms with Gasteiger partial charge in [-0.15, -0.1) is 11.3 Å². The van der Waals surface area contributed by atoms with Crippen LogP contribution in [0.4, 0.5) is 0 Å². The molecule has 0 unspecified atom stereocenters. The minimum absolute atomic E-state index is 0.0836. The van der Waals surface area contributed by atoms with Crippen LogP contribution in [0.3, 0.4) is 0 Å². The van der Waals surface area contributed by atoms with Crippen molar-refractivity contribution in [2.75, 3.05) is 26.2 Å². The van der Waals surface area contributed by atoms with Crippen LogP contribution in [-0.4, -0.2) is 72.7 Å². The van der Waals surface area contributed by atoms with Crippen LogP contribution in [0.2, 0.25) is 0 Å². The van der Waals surface area contributed by atoms with Crippen molar-refractivity contribution in [1.82, 2.24) is 34.8 Å². The second-order valence-corrected chi connectivity index (χ2v) is 10.2. The quantitative estimate of drug-likeness (QED) is 0.289. The summed E-state index contributed by atoms with van der Waals surface area (Å²) in [4.78, 5) is 42.6. The van der Waals surface area contributed by atoms with Crippen LogP contribution in [0.15, 0.2) is 34.2 Å². The number of aromatic amines is 2. The molecule has 0 bridgehead atoms. The summed E-state index contributed by atoms with van der Waals surface area (Å²) in [7, 11) is 0. The van der Waals surface area contributed by atoms with Crippen molar-refractivity contribution in [2.24, 2.45) is 4.99 Å². The Balaban J connectivity index is 1.33. The zero-order valence-electron chi connectivity index (χ0n) is 19.5. The van der Waals surface area contributed by atoms with E-state index in [1.807, 2.05) is 18.2 Å². The molecule has 4 N–H and O–H groups in total. The van der Waals surface area contributed by atoms with E-state index < -0.39 is 5.69 Å². The molecule has 1 aliphatic carbocycles. The van der Waals surface area contributed by atoms with E-state index in [1.54, 1.807) is 16.8 Å². The normalized spacial score (nSPS) is 17.4. The molecule has 0 radical (unpaired) electrons. The monoisotopic (exact) mass is 506 g/mol. The van der Waals surface area contributed by atoms with E-state index in [-0.39, 0.29) is 23.5 Å². The Labute approximate surface area is 209 Å². The number of amides is 1. The third kappa shape index (κ3) is 4.69. The number of hydrogen-bond acceptors (Lipinski definition) is 8. The van der Waals surface area contributed by atoms with Crippen molar-refractivity contribution < 1.29 is 9.90 Å². The highest BCUT2D eigenvalue weighted by molar-refractivity contribution is 7.17. The summed E-state index contributed by atoms with van der Waals surface area (Å²) in [5, 5.41) is 18.1. The molecule has 36 heavy (non-hydrogen) atoms. The number of carbonyl (C=O) groups excluding carboxylic acids is 1. The summed E-state index contributed by atoms with van der Waals surface area (Å²) >= 11 is 1.38. The fourth-order valence-corrected chi connectivity index (χ4v) is 5.22. The van der Waals surface area contributed by atoms with Crippen molar-refractivity contribution in [3.05, 3.63) is 56.2 Å². The summed E-state index contributed by atoms with van der Waals surface area (Å²) in [6.45, 7) is 3.71. The Morgan fingerprint density at radius 3 is 2.86 bits per heavy atom. The number of thiophene rings is 1. The summed E-state index contributed by atoms with van der Waals surface area (Å²) in [5.74, 6) is -0.336. The van der Waals surface area contributed by atoms with Gasteiger partial charge in [-0.1, -0.05) is 0 Å². The minimum Gasteiger partial charge on any atom is -0.493 e. The number of nitrogens with one attached hydrogen (secondary N) is 3. The lowest BCUT2D eigenvalue weighted by Crippen LogP contribution is -2.33. The molecule has 11 nitrogen and oxygen atoms in total. The van der Waals surface area contributed by atoms with Crippen molar-refractivity contribution in [2.45, 2.75) is 31.7 Å². The smallest absolute Gasteiger partial charge is 0.326 e. The second kappa shape index (κ2) is 9.36. The topological polar surface area (TPSA) is 144 Å². The predicted molar refractivity (Wildman–Crippen MR) is 135 cm³/mol. The van der Waals surface area contributed by atoms with E-state index in [9.17, 15) is 14.7 Å². The van der Waals surface area contributed by atoms with Crippen molar-refractivity contribution in [3.8, 4) is 16.5 Å². The molecule has 1 saturated heterocycles. The number of imidazole rings is 1. The first-order valence-corrected chi connectivity index (χ1v) is 12.9. The van der Waals surface area contributed by atoms with Gasteiger partial charge in [-0.05, 0) is 57.0 Å². The van der Waals surface area contributed by atoms with Gasteiger partial charge in [0.1, 0.15) is 5.69 Å². The Morgan fingerprint density at radius 1 is 1.28 bits per heavy atom. The summed E-state index contributed by atoms with van der Waals surface area (Å²) in [6, 6.07) is 5.87. The Bertz CT molecular complexity index is 1600. The molecule has 4 aromatic rings. The fraction of sp³-hybridized carbons (Fsp3) is 0.375. The molecule has 4 aromatic heterocycles. The molecule has 6 rings (SSSR count). The lowest BCUT2D eigenvalue weighted by Gasteiger charge is -2.14. The van der Waals surface area contributed by atoms with Gasteiger partial charge in [-0.2, -0.15) is 9.61 Å². The Hall–Kier alpha value is -3.77. The highest BCUT2D eigenvalue weighted by Crippen LogP contribution is 2.27. The molecular weight excluding hydrogens is 480 g/mol. The van der Waals surface area contributed by atoms with Gasteiger partial charge in [-0.25, -0.2) is 9.78 Å². The molecular formula is C24H26N8O3S. The molecule has 1 amide bonds. The molecule has 0 atom stereocenters. The number of carbonyl (C=O) groups is 1. The van der Waals surface area contributed by atoms with E-state index in [1.165, 1.54) is 24.2 Å². The highest BCUT2D eigenvalue weighted by Gasteiger charge is 2.21. The maximum atomic E-state index is 12.7. The molecule has 12 heteroatoms. The standard InChI is InChI=1S/C24H26N8O3S/c33-22-17(29-24(35)30-22)11-14-13-26-32-20(27-15-3-4-15)12-16(28-21(14)32)18-5-6-19(36-18)23(34)25-7-10-31-8-1-2-9-31/h5-6,11-13,15,33H,1-4,7-10H2,(H,25,34)(H2,29,30,35). The average molecular weight is 507 g/mol. The Morgan fingerprint density at radius 2 is 2.11 bits per heavy atom. The number of aromatic hydroxyl groups is 1. The zero-order chi connectivity index (χ0) is 24.6. The van der Waals surface area contributed by atoms with Crippen LogP contribution in [-0.2, 0) is 0 Å². The SMILES string of the molecule is O=C(NCCN1CCCC1)c1ccc(-c2cc(=NC3CC3)n3ncc(=Cc4[nH]c(=O)[nH]c4O)c3n2)s1. The van der Waals surface area contributed by atoms with Crippen LogP contribution < -0.4 is 21.7 Å². The van der Waals surface area contributed by atoms with Crippen LogP contribution in [0.5, 0.6) is 5.88 Å². The largest absolute Gasteiger partial charge is 0.493 e. The van der Waals surface area contributed by atoms with E-state index in [0.717, 1.165) is 37.4 Å². The van der Waals surface area contributed by atoms with Crippen molar-refractivity contribution >= 4 is 29.0 Å². The molecule has 0 aromatic carbocycles. The van der Waals surface area contributed by atoms with E-state index in [0.29, 0.717) is 33.5 Å². The first kappa shape index (κ1) is 22.7. The minimum atomic E-state index is -0.502. The van der Waals surface area contributed by atoms with Crippen molar-refractivity contribution in [3.63, 3.8) is 0 Å². The molecule has 0 spiro atoms. The maximum Gasteiger partial charge on any atom is 0.326 e. The molecule has 1 saturated carbocycles. The van der Waals surface area contributed by atoms with Crippen LogP contribution in [0.25, 0.3) is 22.3 Å². The van der Waals surface area contributed by atoms with Gasteiger partial charge < -0.3 is 20.3 Å². The van der Waals surface area contributed by atoms with Crippen molar-refractivity contribution in [1.29, 1.82) is 0 Å². The number of aromatic nitrogens is 5. The third-order valence-corrected chi connectivity index (χ3v) is 7.48. The summed E-state index contributed by atoms with van der Waals surface area (Å²) < 4.78 is 1.66. The number of rotatable bonds is 7. The lowest BCUT2D eigenvalue weighted by atomic mass is 10.3. The van der Waals surface area contributed by atoms with Gasteiger partial charge in [0.25, 0.3) is 5.91 Å². The van der Waals surface area contributed by atoms with Gasteiger partial charge in [0.15, 0.2) is 11.1 Å². The Kier molecular flexibility index (Phi) is 5.89. The van der Waals surface area contributed by atoms with Gasteiger partial charge in [0.2, 0.25) is 5.88 Å². The second-order valence-electron chi connectivity index (χ2n) is 9.15. The predicted octanol–water partition coefficient (Wildman–Crippen LogP) is 0.616. The van der Waals surface area contributed by atoms with Gasteiger partial charge >= 0.3 is 5.69 Å². The van der Waals surface area contributed by atoms with E-state index in [2.05, 4.69) is 25.3 Å². The van der Waals surface area contributed by atoms with E-state index >= 15 is 0 Å². The average Bonchev–Trinajstić information content (AvgIpc) is 3.27. The van der Waals surface area contributed by atoms with Crippen LogP contribution in [0, 0.1) is 0 Å². The highest BCUT2D eigenvalue weighted by atomic mass is 32.1. The van der Waals surface area contributed by atoms with Gasteiger partial charge in [0.05, 0.1) is 27.7 Å². The molecule has 5 heterocycles. The summed E-state index contributed by atoms with van der Waals surface area (Å²) in [5.41, 5.74) is 1.64. The van der Waals surface area contributed by atoms with Gasteiger partial charge in [-0.3, -0.25) is 14.8 Å². The molecule has 1 aliphatic heterocycles. The van der Waals surface area contributed by atoms with E-state index in [4.69, 9.17) is 9.98 Å². The number of H-pyrrole nitrogens is 2. The zero-order valence-corrected chi connectivity index (χ0v) is 20.3.